The normalized spacial score (nSPS) is 14.6. The van der Waals surface area contributed by atoms with Gasteiger partial charge in [0.15, 0.2) is 0 Å². The lowest BCUT2D eigenvalue weighted by atomic mass is 10.1. The lowest BCUT2D eigenvalue weighted by Crippen LogP contribution is -2.31. The van der Waals surface area contributed by atoms with Gasteiger partial charge >= 0.3 is 0 Å². The van der Waals surface area contributed by atoms with Crippen molar-refractivity contribution in [1.82, 2.24) is 14.9 Å². The molecule has 5 heteroatoms. The van der Waals surface area contributed by atoms with Crippen LogP contribution in [0.4, 0.5) is 0 Å². The molecule has 0 spiro atoms. The molecule has 100 valence electrons. The van der Waals surface area contributed by atoms with Gasteiger partial charge in [0.1, 0.15) is 11.5 Å². The van der Waals surface area contributed by atoms with Gasteiger partial charge in [0.2, 0.25) is 0 Å². The Morgan fingerprint density at radius 2 is 1.95 bits per heavy atom. The molecule has 0 saturated heterocycles. The molecular formula is C14H15Cl2N3. The SMILES string of the molecule is Cl.Clc1ncnc2c1CCN(Cc1ccccc1)C2. The van der Waals surface area contributed by atoms with Crippen molar-refractivity contribution in [1.29, 1.82) is 0 Å². The maximum Gasteiger partial charge on any atom is 0.135 e. The Morgan fingerprint density at radius 1 is 1.16 bits per heavy atom. The molecule has 1 aliphatic rings. The summed E-state index contributed by atoms with van der Waals surface area (Å²) in [5, 5.41) is 0.611. The molecule has 3 rings (SSSR count). The van der Waals surface area contributed by atoms with Crippen LogP contribution in [0.2, 0.25) is 5.15 Å². The fourth-order valence-electron chi connectivity index (χ4n) is 2.35. The largest absolute Gasteiger partial charge is 0.293 e. The van der Waals surface area contributed by atoms with Crippen molar-refractivity contribution in [3.63, 3.8) is 0 Å². The average Bonchev–Trinajstić information content (AvgIpc) is 2.40. The van der Waals surface area contributed by atoms with Crippen LogP contribution in [0.25, 0.3) is 0 Å². The fourth-order valence-corrected chi connectivity index (χ4v) is 2.59. The molecule has 0 unspecified atom stereocenters. The Morgan fingerprint density at radius 3 is 2.74 bits per heavy atom. The van der Waals surface area contributed by atoms with Crippen molar-refractivity contribution in [2.24, 2.45) is 0 Å². The highest BCUT2D eigenvalue weighted by molar-refractivity contribution is 6.30. The van der Waals surface area contributed by atoms with E-state index in [1.54, 1.807) is 6.33 Å². The molecule has 3 nitrogen and oxygen atoms in total. The standard InChI is InChI=1S/C14H14ClN3.ClH/c15-14-12-6-7-18(9-13(12)16-10-17-14)8-11-4-2-1-3-5-11;/h1-5,10H,6-9H2;1H. The summed E-state index contributed by atoms with van der Waals surface area (Å²) in [6.07, 6.45) is 2.48. The molecule has 0 saturated carbocycles. The summed E-state index contributed by atoms with van der Waals surface area (Å²) in [5.41, 5.74) is 3.52. The number of aromatic nitrogens is 2. The number of nitrogens with zero attached hydrogens (tertiary/aromatic N) is 3. The van der Waals surface area contributed by atoms with Crippen LogP contribution in [0, 0.1) is 0 Å². The van der Waals surface area contributed by atoms with E-state index < -0.39 is 0 Å². The van der Waals surface area contributed by atoms with Gasteiger partial charge in [-0.15, -0.1) is 12.4 Å². The third-order valence-electron chi connectivity index (χ3n) is 3.28. The first-order valence-electron chi connectivity index (χ1n) is 6.07. The topological polar surface area (TPSA) is 29.0 Å². The van der Waals surface area contributed by atoms with Crippen molar-refractivity contribution >= 4 is 24.0 Å². The molecule has 0 fully saturated rings. The number of halogens is 2. The highest BCUT2D eigenvalue weighted by atomic mass is 35.5. The van der Waals surface area contributed by atoms with E-state index in [0.29, 0.717) is 5.15 Å². The van der Waals surface area contributed by atoms with E-state index >= 15 is 0 Å². The minimum atomic E-state index is 0. The van der Waals surface area contributed by atoms with Crippen molar-refractivity contribution in [3.05, 3.63) is 58.6 Å². The summed E-state index contributed by atoms with van der Waals surface area (Å²) in [7, 11) is 0. The van der Waals surface area contributed by atoms with Gasteiger partial charge in [-0.25, -0.2) is 9.97 Å². The highest BCUT2D eigenvalue weighted by Crippen LogP contribution is 2.23. The van der Waals surface area contributed by atoms with Crippen LogP contribution in [0.15, 0.2) is 36.7 Å². The van der Waals surface area contributed by atoms with Crippen molar-refractivity contribution < 1.29 is 0 Å². The lowest BCUT2D eigenvalue weighted by molar-refractivity contribution is 0.241. The van der Waals surface area contributed by atoms with Gasteiger partial charge in [-0.1, -0.05) is 41.9 Å². The Balaban J connectivity index is 0.00000133. The molecule has 0 bridgehead atoms. The van der Waals surface area contributed by atoms with Crippen LogP contribution in [-0.2, 0) is 19.5 Å². The summed E-state index contributed by atoms with van der Waals surface area (Å²) in [5.74, 6) is 0. The Labute approximate surface area is 124 Å². The monoisotopic (exact) mass is 295 g/mol. The molecule has 1 aromatic carbocycles. The first-order valence-corrected chi connectivity index (χ1v) is 6.45. The van der Waals surface area contributed by atoms with Gasteiger partial charge in [-0.05, 0) is 12.0 Å². The van der Waals surface area contributed by atoms with Gasteiger partial charge in [-0.3, -0.25) is 4.90 Å². The molecule has 0 atom stereocenters. The number of fused-ring (bicyclic) bond motifs is 1. The molecule has 0 radical (unpaired) electrons. The fraction of sp³-hybridized carbons (Fsp3) is 0.286. The third kappa shape index (κ3) is 3.24. The first-order chi connectivity index (χ1) is 8.83. The van der Waals surface area contributed by atoms with Crippen molar-refractivity contribution in [2.45, 2.75) is 19.5 Å². The molecule has 1 aliphatic heterocycles. The van der Waals surface area contributed by atoms with Crippen molar-refractivity contribution in [3.8, 4) is 0 Å². The van der Waals surface area contributed by atoms with Crippen molar-refractivity contribution in [2.75, 3.05) is 6.54 Å². The molecule has 0 N–H and O–H groups in total. The van der Waals surface area contributed by atoms with Crippen LogP contribution >= 0.6 is 24.0 Å². The zero-order valence-electron chi connectivity index (χ0n) is 10.4. The second kappa shape index (κ2) is 6.33. The Kier molecular flexibility index (Phi) is 4.75. The quantitative estimate of drug-likeness (QED) is 0.797. The average molecular weight is 296 g/mol. The summed E-state index contributed by atoms with van der Waals surface area (Å²) >= 11 is 6.08. The van der Waals surface area contributed by atoms with Crippen LogP contribution in [-0.4, -0.2) is 21.4 Å². The van der Waals surface area contributed by atoms with Crippen LogP contribution in [0.5, 0.6) is 0 Å². The number of benzene rings is 1. The molecule has 0 amide bonds. The molecule has 0 aliphatic carbocycles. The minimum Gasteiger partial charge on any atom is -0.293 e. The van der Waals surface area contributed by atoms with E-state index in [4.69, 9.17) is 11.6 Å². The zero-order chi connectivity index (χ0) is 12.4. The second-order valence-corrected chi connectivity index (χ2v) is 4.89. The van der Waals surface area contributed by atoms with E-state index in [1.807, 2.05) is 6.07 Å². The van der Waals surface area contributed by atoms with E-state index in [0.717, 1.165) is 37.3 Å². The molecule has 2 aromatic rings. The van der Waals surface area contributed by atoms with Gasteiger partial charge in [0.25, 0.3) is 0 Å². The predicted molar refractivity (Wildman–Crippen MR) is 78.6 cm³/mol. The maximum absolute atomic E-state index is 6.08. The van der Waals surface area contributed by atoms with E-state index in [-0.39, 0.29) is 12.4 Å². The first kappa shape index (κ1) is 14.3. The molecule has 1 aromatic heterocycles. The third-order valence-corrected chi connectivity index (χ3v) is 3.61. The molecule has 19 heavy (non-hydrogen) atoms. The summed E-state index contributed by atoms with van der Waals surface area (Å²) in [6.45, 7) is 2.82. The van der Waals surface area contributed by atoms with Crippen LogP contribution in [0.1, 0.15) is 16.8 Å². The van der Waals surface area contributed by atoms with Crippen LogP contribution < -0.4 is 0 Å². The van der Waals surface area contributed by atoms with Gasteiger partial charge in [0.05, 0.1) is 5.69 Å². The maximum atomic E-state index is 6.08. The Bertz CT molecular complexity index is 546. The van der Waals surface area contributed by atoms with Gasteiger partial charge < -0.3 is 0 Å². The summed E-state index contributed by atoms with van der Waals surface area (Å²) < 4.78 is 0. The van der Waals surface area contributed by atoms with E-state index in [2.05, 4.69) is 39.1 Å². The lowest BCUT2D eigenvalue weighted by Gasteiger charge is -2.28. The minimum absolute atomic E-state index is 0. The van der Waals surface area contributed by atoms with E-state index in [1.165, 1.54) is 5.56 Å². The number of rotatable bonds is 2. The number of hydrogen-bond donors (Lipinski definition) is 0. The zero-order valence-corrected chi connectivity index (χ0v) is 12.0. The Hall–Kier alpha value is -1.16. The second-order valence-electron chi connectivity index (χ2n) is 4.54. The predicted octanol–water partition coefficient (Wildman–Crippen LogP) is 3.11. The van der Waals surface area contributed by atoms with Crippen LogP contribution in [0.3, 0.4) is 0 Å². The summed E-state index contributed by atoms with van der Waals surface area (Å²) in [4.78, 5) is 10.8. The smallest absolute Gasteiger partial charge is 0.135 e. The highest BCUT2D eigenvalue weighted by Gasteiger charge is 2.19. The molecular weight excluding hydrogens is 281 g/mol. The van der Waals surface area contributed by atoms with E-state index in [9.17, 15) is 0 Å². The van der Waals surface area contributed by atoms with Gasteiger partial charge in [-0.2, -0.15) is 0 Å². The van der Waals surface area contributed by atoms with Gasteiger partial charge in [0, 0.05) is 25.2 Å². The molecule has 2 heterocycles. The summed E-state index contributed by atoms with van der Waals surface area (Å²) in [6, 6.07) is 10.5. The number of hydrogen-bond acceptors (Lipinski definition) is 3.